The van der Waals surface area contributed by atoms with Gasteiger partial charge in [-0.1, -0.05) is 48.5 Å². The largest absolute Gasteiger partial charge is 0.761 e. The van der Waals surface area contributed by atoms with Crippen LogP contribution in [0.15, 0.2) is 66.7 Å². The number of esters is 1. The fourth-order valence-electron chi connectivity index (χ4n) is 5.95. The number of ether oxygens (including phenoxy) is 3. The number of fused-ring (bicyclic) bond motifs is 3. The molecule has 11 heteroatoms. The van der Waals surface area contributed by atoms with Crippen molar-refractivity contribution in [1.82, 2.24) is 10.2 Å². The van der Waals surface area contributed by atoms with Gasteiger partial charge in [-0.3, -0.25) is 4.79 Å². The van der Waals surface area contributed by atoms with Gasteiger partial charge in [0.2, 0.25) is 0 Å². The maximum absolute atomic E-state index is 13.5. The summed E-state index contributed by atoms with van der Waals surface area (Å²) < 4.78 is 17.2. The first-order valence-corrected chi connectivity index (χ1v) is 16.3. The first-order valence-electron chi connectivity index (χ1n) is 16.3. The Morgan fingerprint density at radius 1 is 0.854 bits per heavy atom. The lowest BCUT2D eigenvalue weighted by Crippen LogP contribution is -2.49. The molecule has 1 saturated heterocycles. The third kappa shape index (κ3) is 8.26. The van der Waals surface area contributed by atoms with E-state index < -0.39 is 29.1 Å². The van der Waals surface area contributed by atoms with Crippen LogP contribution in [-0.4, -0.2) is 79.5 Å². The first-order chi connectivity index (χ1) is 22.7. The number of benzene rings is 3. The number of amides is 2. The number of nitrogens with zero attached hydrogens (tertiary/aromatic N) is 2. The van der Waals surface area contributed by atoms with E-state index in [2.05, 4.69) is 29.6 Å². The van der Waals surface area contributed by atoms with Crippen molar-refractivity contribution in [3.05, 3.63) is 88.6 Å². The molecule has 0 spiro atoms. The van der Waals surface area contributed by atoms with Crippen molar-refractivity contribution < 1.29 is 28.6 Å². The molecule has 3 aromatic rings. The van der Waals surface area contributed by atoms with E-state index in [0.29, 0.717) is 31.9 Å². The fraction of sp³-hybridized carbons (Fsp3) is 0.432. The van der Waals surface area contributed by atoms with Gasteiger partial charge in [-0.2, -0.15) is 0 Å². The SMILES string of the molecule is CC(C)(C)OCC(NC(=O)c1cc(N2CCN(C(=O)OCC3c4ccccc4-c4ccccc43)CC2)ccc1N[O-])C(=O)OC(C)(C)C. The minimum Gasteiger partial charge on any atom is -0.761 e. The molecule has 0 aromatic heterocycles. The molecule has 1 atom stereocenters. The van der Waals surface area contributed by atoms with Crippen LogP contribution in [-0.2, 0) is 19.0 Å². The molecule has 256 valence electrons. The predicted octanol–water partition coefficient (Wildman–Crippen LogP) is 5.92. The fourth-order valence-corrected chi connectivity index (χ4v) is 5.95. The Morgan fingerprint density at radius 2 is 1.46 bits per heavy atom. The molecular formula is C37H45N4O7-. The molecule has 2 N–H and O–H groups in total. The van der Waals surface area contributed by atoms with Crippen molar-refractivity contribution >= 4 is 29.3 Å². The summed E-state index contributed by atoms with van der Waals surface area (Å²) in [5.41, 5.74) is 6.00. The maximum atomic E-state index is 13.5. The third-order valence-corrected chi connectivity index (χ3v) is 8.28. The Labute approximate surface area is 282 Å². The lowest BCUT2D eigenvalue weighted by atomic mass is 9.98. The number of piperazine rings is 1. The first kappa shape index (κ1) is 34.7. The lowest BCUT2D eigenvalue weighted by molar-refractivity contribution is -0.160. The van der Waals surface area contributed by atoms with E-state index >= 15 is 0 Å². The smallest absolute Gasteiger partial charge is 0.409 e. The van der Waals surface area contributed by atoms with Crippen LogP contribution in [0.2, 0.25) is 0 Å². The predicted molar refractivity (Wildman–Crippen MR) is 185 cm³/mol. The molecule has 1 heterocycles. The van der Waals surface area contributed by atoms with Gasteiger partial charge in [-0.05, 0) is 82.0 Å². The highest BCUT2D eigenvalue weighted by atomic mass is 16.6. The molecule has 3 aromatic carbocycles. The Bertz CT molecular complexity index is 1590. The number of nitrogens with one attached hydrogen (secondary N) is 2. The van der Waals surface area contributed by atoms with Gasteiger partial charge in [-0.25, -0.2) is 9.59 Å². The van der Waals surface area contributed by atoms with E-state index in [-0.39, 0.29) is 36.5 Å². The van der Waals surface area contributed by atoms with Crippen LogP contribution in [0.1, 0.15) is 68.9 Å². The van der Waals surface area contributed by atoms with Crippen LogP contribution in [0, 0.1) is 5.21 Å². The van der Waals surface area contributed by atoms with Crippen LogP contribution in [0.5, 0.6) is 0 Å². The van der Waals surface area contributed by atoms with E-state index in [0.717, 1.165) is 11.1 Å². The highest BCUT2D eigenvalue weighted by molar-refractivity contribution is 6.02. The summed E-state index contributed by atoms with van der Waals surface area (Å²) in [6.45, 7) is 12.7. The van der Waals surface area contributed by atoms with Crippen molar-refractivity contribution in [2.45, 2.75) is 64.7 Å². The molecule has 0 bridgehead atoms. The summed E-state index contributed by atoms with van der Waals surface area (Å²) in [4.78, 5) is 43.4. The number of anilines is 2. The second-order valence-corrected chi connectivity index (χ2v) is 14.1. The summed E-state index contributed by atoms with van der Waals surface area (Å²) >= 11 is 0. The average Bonchev–Trinajstić information content (AvgIpc) is 3.37. The Kier molecular flexibility index (Phi) is 10.3. The quantitative estimate of drug-likeness (QED) is 0.213. The van der Waals surface area contributed by atoms with Crippen molar-refractivity contribution in [2.75, 3.05) is 49.8 Å². The molecule has 48 heavy (non-hydrogen) atoms. The van der Waals surface area contributed by atoms with Crippen LogP contribution in [0.3, 0.4) is 0 Å². The summed E-state index contributed by atoms with van der Waals surface area (Å²) in [7, 11) is 0. The number of carbonyl (C=O) groups excluding carboxylic acids is 3. The molecule has 5 rings (SSSR count). The van der Waals surface area contributed by atoms with E-state index in [4.69, 9.17) is 14.2 Å². The zero-order valence-corrected chi connectivity index (χ0v) is 28.5. The highest BCUT2D eigenvalue weighted by Gasteiger charge is 2.32. The number of hydrogen-bond donors (Lipinski definition) is 2. The summed E-state index contributed by atoms with van der Waals surface area (Å²) in [5, 5.41) is 14.5. The van der Waals surface area contributed by atoms with Gasteiger partial charge in [-0.15, -0.1) is 0 Å². The van der Waals surface area contributed by atoms with Crippen LogP contribution < -0.4 is 15.7 Å². The van der Waals surface area contributed by atoms with Gasteiger partial charge in [0.05, 0.1) is 17.8 Å². The topological polar surface area (TPSA) is 132 Å². The van der Waals surface area contributed by atoms with Crippen molar-refractivity contribution in [1.29, 1.82) is 0 Å². The molecule has 1 unspecified atom stereocenters. The van der Waals surface area contributed by atoms with E-state index in [9.17, 15) is 19.6 Å². The summed E-state index contributed by atoms with van der Waals surface area (Å²) in [6, 6.07) is 20.2. The van der Waals surface area contributed by atoms with Gasteiger partial charge >= 0.3 is 12.1 Å². The van der Waals surface area contributed by atoms with E-state index in [1.807, 2.05) is 55.4 Å². The van der Waals surface area contributed by atoms with Crippen LogP contribution >= 0.6 is 0 Å². The molecule has 2 aliphatic rings. The minimum absolute atomic E-state index is 0.0183. The van der Waals surface area contributed by atoms with Gasteiger partial charge in [0.1, 0.15) is 12.2 Å². The van der Waals surface area contributed by atoms with Gasteiger partial charge in [0.15, 0.2) is 6.04 Å². The summed E-state index contributed by atoms with van der Waals surface area (Å²) in [5.74, 6) is -1.28. The highest BCUT2D eigenvalue weighted by Crippen LogP contribution is 2.44. The average molecular weight is 658 g/mol. The molecule has 1 aliphatic heterocycles. The molecule has 1 fully saturated rings. The second kappa shape index (κ2) is 14.2. The Hall–Kier alpha value is -4.61. The molecule has 11 nitrogen and oxygen atoms in total. The molecule has 1 aliphatic carbocycles. The van der Waals surface area contributed by atoms with Gasteiger partial charge < -0.3 is 40.0 Å². The minimum atomic E-state index is -1.10. The van der Waals surface area contributed by atoms with Gasteiger partial charge in [0, 0.05) is 43.5 Å². The van der Waals surface area contributed by atoms with Gasteiger partial charge in [0.25, 0.3) is 5.91 Å². The standard InChI is InChI=1S/C37H45N4O7/c1-36(2,3)47-23-32(34(43)48-37(4,5)6)38-33(42)29-21-24(15-16-31(29)39-45)40-17-19-41(20-18-40)35(44)46-22-30-27-13-9-7-11-25(27)26-12-8-10-14-28(26)30/h7-16,21,30,32,39H,17-20,22-23H2,1-6H3,(H,38,42)/q-1. The molecule has 0 radical (unpaired) electrons. The monoisotopic (exact) mass is 657 g/mol. The Morgan fingerprint density at radius 3 is 2.02 bits per heavy atom. The normalized spacial score (nSPS) is 15.3. The number of carbonyl (C=O) groups is 3. The maximum Gasteiger partial charge on any atom is 0.409 e. The third-order valence-electron chi connectivity index (χ3n) is 8.28. The second-order valence-electron chi connectivity index (χ2n) is 14.1. The Balaban J connectivity index is 1.21. The van der Waals surface area contributed by atoms with E-state index in [1.54, 1.807) is 37.8 Å². The van der Waals surface area contributed by atoms with Crippen molar-refractivity contribution in [3.63, 3.8) is 0 Å². The van der Waals surface area contributed by atoms with Crippen LogP contribution in [0.4, 0.5) is 16.2 Å². The van der Waals surface area contributed by atoms with Crippen molar-refractivity contribution in [2.24, 2.45) is 0 Å². The number of hydrogen-bond acceptors (Lipinski definition) is 9. The lowest BCUT2D eigenvalue weighted by Gasteiger charge is -2.36. The molecular weight excluding hydrogens is 612 g/mol. The number of rotatable bonds is 9. The molecule has 2 amide bonds. The van der Waals surface area contributed by atoms with Crippen molar-refractivity contribution in [3.8, 4) is 11.1 Å². The zero-order chi connectivity index (χ0) is 34.6. The van der Waals surface area contributed by atoms with E-state index in [1.165, 1.54) is 17.2 Å². The van der Waals surface area contributed by atoms with Crippen LogP contribution in [0.25, 0.3) is 11.1 Å². The summed E-state index contributed by atoms with van der Waals surface area (Å²) in [6.07, 6.45) is -0.367. The zero-order valence-electron chi connectivity index (χ0n) is 28.5. The molecule has 0 saturated carbocycles.